The van der Waals surface area contributed by atoms with Gasteiger partial charge in [0.1, 0.15) is 11.6 Å². The van der Waals surface area contributed by atoms with Crippen LogP contribution in [0.15, 0.2) is 35.2 Å². The van der Waals surface area contributed by atoms with Crippen molar-refractivity contribution in [3.63, 3.8) is 0 Å². The molecule has 2 amide bonds. The number of nitrogens with two attached hydrogens (primary N) is 1. The van der Waals surface area contributed by atoms with Crippen LogP contribution in [0.2, 0.25) is 0 Å². The zero-order chi connectivity index (χ0) is 18.2. The predicted octanol–water partition coefficient (Wildman–Crippen LogP) is 1.01. The number of amides is 2. The van der Waals surface area contributed by atoms with E-state index in [2.05, 4.69) is 20.6 Å². The van der Waals surface area contributed by atoms with Crippen LogP contribution in [0.5, 0.6) is 0 Å². The van der Waals surface area contributed by atoms with E-state index in [1.54, 1.807) is 31.3 Å². The summed E-state index contributed by atoms with van der Waals surface area (Å²) in [6.45, 7) is 5.46. The topological polar surface area (TPSA) is 119 Å². The number of carbonyl (C=O) groups excluding carboxylic acids is 2. The molecule has 3 atom stereocenters. The van der Waals surface area contributed by atoms with Gasteiger partial charge in [0, 0.05) is 11.9 Å². The van der Waals surface area contributed by atoms with Gasteiger partial charge in [0.2, 0.25) is 11.8 Å². The standard InChI is InChI=1S/C17H21N5O3/c1-9-6-12(10(2)25-9)15(24)20-11-4-5-19-13(7-11)17(3)8-14(23)21-16(18)22-17/h4-7,10,12H,8H2,1-3H3,(H,19,20,24)(H3,18,21,22,23). The fourth-order valence-electron chi connectivity index (χ4n) is 3.09. The molecular weight excluding hydrogens is 322 g/mol. The van der Waals surface area contributed by atoms with Crippen LogP contribution in [0.3, 0.4) is 0 Å². The average molecular weight is 343 g/mol. The SMILES string of the molecule is CC1=CC(C(=O)Nc2ccnc(C3(C)CC(=O)NC(N)=N3)c2)C(C)O1. The number of pyridine rings is 1. The molecule has 1 aromatic heterocycles. The quantitative estimate of drug-likeness (QED) is 0.757. The number of rotatable bonds is 3. The van der Waals surface area contributed by atoms with Gasteiger partial charge < -0.3 is 15.8 Å². The van der Waals surface area contributed by atoms with E-state index in [0.29, 0.717) is 11.4 Å². The molecule has 3 heterocycles. The lowest BCUT2D eigenvalue weighted by molar-refractivity contribution is -0.121. The summed E-state index contributed by atoms with van der Waals surface area (Å²) in [6, 6.07) is 3.40. The highest BCUT2D eigenvalue weighted by molar-refractivity contribution is 5.99. The predicted molar refractivity (Wildman–Crippen MR) is 92.4 cm³/mol. The smallest absolute Gasteiger partial charge is 0.235 e. The second-order valence-electron chi connectivity index (χ2n) is 6.54. The summed E-state index contributed by atoms with van der Waals surface area (Å²) in [5.41, 5.74) is 5.95. The Morgan fingerprint density at radius 1 is 1.52 bits per heavy atom. The minimum absolute atomic E-state index is 0.0625. The van der Waals surface area contributed by atoms with Crippen LogP contribution >= 0.6 is 0 Å². The Hall–Kier alpha value is -2.90. The lowest BCUT2D eigenvalue weighted by Crippen LogP contribution is -2.46. The van der Waals surface area contributed by atoms with E-state index in [4.69, 9.17) is 10.5 Å². The summed E-state index contributed by atoms with van der Waals surface area (Å²) < 4.78 is 5.50. The summed E-state index contributed by atoms with van der Waals surface area (Å²) in [4.78, 5) is 32.9. The van der Waals surface area contributed by atoms with Gasteiger partial charge >= 0.3 is 0 Å². The van der Waals surface area contributed by atoms with E-state index in [9.17, 15) is 9.59 Å². The van der Waals surface area contributed by atoms with E-state index in [1.807, 2.05) is 13.8 Å². The number of anilines is 1. The van der Waals surface area contributed by atoms with Crippen molar-refractivity contribution in [3.8, 4) is 0 Å². The van der Waals surface area contributed by atoms with E-state index in [1.165, 1.54) is 0 Å². The maximum absolute atomic E-state index is 12.5. The number of hydrogen-bond donors (Lipinski definition) is 3. The van der Waals surface area contributed by atoms with Gasteiger partial charge in [-0.2, -0.15) is 0 Å². The van der Waals surface area contributed by atoms with Gasteiger partial charge in [-0.3, -0.25) is 19.9 Å². The first-order valence-corrected chi connectivity index (χ1v) is 8.04. The Bertz CT molecular complexity index is 788. The molecule has 0 saturated carbocycles. The molecule has 132 valence electrons. The summed E-state index contributed by atoms with van der Waals surface area (Å²) >= 11 is 0. The molecule has 0 aromatic carbocycles. The monoisotopic (exact) mass is 343 g/mol. The molecule has 4 N–H and O–H groups in total. The van der Waals surface area contributed by atoms with Gasteiger partial charge in [-0.15, -0.1) is 0 Å². The zero-order valence-corrected chi connectivity index (χ0v) is 14.4. The Labute approximate surface area is 145 Å². The molecule has 0 spiro atoms. The number of guanidine groups is 1. The maximum atomic E-state index is 12.5. The molecule has 8 nitrogen and oxygen atoms in total. The van der Waals surface area contributed by atoms with Crippen molar-refractivity contribution < 1.29 is 14.3 Å². The highest BCUT2D eigenvalue weighted by atomic mass is 16.5. The summed E-state index contributed by atoms with van der Waals surface area (Å²) in [5.74, 6) is 0.0855. The first-order chi connectivity index (χ1) is 11.8. The highest BCUT2D eigenvalue weighted by Gasteiger charge is 2.35. The van der Waals surface area contributed by atoms with Crippen LogP contribution in [0.25, 0.3) is 0 Å². The molecule has 0 aliphatic carbocycles. The molecule has 0 radical (unpaired) electrons. The Kier molecular flexibility index (Phi) is 4.20. The molecule has 1 aromatic rings. The molecule has 3 unspecified atom stereocenters. The molecule has 8 heteroatoms. The maximum Gasteiger partial charge on any atom is 0.235 e. The van der Waals surface area contributed by atoms with E-state index < -0.39 is 5.54 Å². The number of hydrogen-bond acceptors (Lipinski definition) is 6. The average Bonchev–Trinajstić information content (AvgIpc) is 2.85. The molecule has 2 aliphatic rings. The normalized spacial score (nSPS) is 28.5. The largest absolute Gasteiger partial charge is 0.495 e. The van der Waals surface area contributed by atoms with Crippen LogP contribution in [0.1, 0.15) is 32.9 Å². The third kappa shape index (κ3) is 3.47. The molecule has 0 saturated heterocycles. The Morgan fingerprint density at radius 2 is 2.28 bits per heavy atom. The van der Waals surface area contributed by atoms with Crippen molar-refractivity contribution in [1.29, 1.82) is 0 Å². The van der Waals surface area contributed by atoms with Crippen LogP contribution in [0.4, 0.5) is 5.69 Å². The third-order valence-corrected chi connectivity index (χ3v) is 4.31. The van der Waals surface area contributed by atoms with Crippen molar-refractivity contribution in [2.24, 2.45) is 16.6 Å². The van der Waals surface area contributed by atoms with Gasteiger partial charge in [-0.05, 0) is 39.0 Å². The van der Waals surface area contributed by atoms with Crippen molar-refractivity contribution in [2.45, 2.75) is 38.8 Å². The molecular formula is C17H21N5O3. The Balaban J connectivity index is 1.81. The minimum atomic E-state index is -0.868. The first-order valence-electron chi connectivity index (χ1n) is 8.04. The number of carbonyl (C=O) groups is 2. The molecule has 3 rings (SSSR count). The summed E-state index contributed by atoms with van der Waals surface area (Å²) in [5, 5.41) is 5.34. The van der Waals surface area contributed by atoms with Gasteiger partial charge in [0.05, 0.1) is 23.8 Å². The molecule has 0 bridgehead atoms. The minimum Gasteiger partial charge on any atom is -0.495 e. The van der Waals surface area contributed by atoms with Crippen LogP contribution in [-0.4, -0.2) is 28.9 Å². The lowest BCUT2D eigenvalue weighted by Gasteiger charge is -2.28. The lowest BCUT2D eigenvalue weighted by atomic mass is 9.92. The number of nitrogens with one attached hydrogen (secondary N) is 2. The number of aromatic nitrogens is 1. The van der Waals surface area contributed by atoms with Gasteiger partial charge in [0.15, 0.2) is 5.96 Å². The zero-order valence-electron chi connectivity index (χ0n) is 14.4. The summed E-state index contributed by atoms with van der Waals surface area (Å²) in [6.07, 6.45) is 3.31. The van der Waals surface area contributed by atoms with E-state index in [0.717, 1.165) is 5.76 Å². The highest BCUT2D eigenvalue weighted by Crippen LogP contribution is 2.31. The number of ether oxygens (including phenoxy) is 1. The second-order valence-corrected chi connectivity index (χ2v) is 6.54. The Morgan fingerprint density at radius 3 is 2.92 bits per heavy atom. The van der Waals surface area contributed by atoms with Gasteiger partial charge in [-0.25, -0.2) is 4.99 Å². The first kappa shape index (κ1) is 16.9. The van der Waals surface area contributed by atoms with Crippen LogP contribution in [-0.2, 0) is 19.9 Å². The van der Waals surface area contributed by atoms with E-state index >= 15 is 0 Å². The molecule has 0 fully saturated rings. The number of aliphatic imine (C=N–C) groups is 1. The van der Waals surface area contributed by atoms with Crippen molar-refractivity contribution in [2.75, 3.05) is 5.32 Å². The fourth-order valence-corrected chi connectivity index (χ4v) is 3.09. The molecule has 2 aliphatic heterocycles. The molecule has 25 heavy (non-hydrogen) atoms. The van der Waals surface area contributed by atoms with Gasteiger partial charge in [0.25, 0.3) is 0 Å². The van der Waals surface area contributed by atoms with Crippen molar-refractivity contribution in [3.05, 3.63) is 35.9 Å². The third-order valence-electron chi connectivity index (χ3n) is 4.31. The van der Waals surface area contributed by atoms with E-state index in [-0.39, 0.29) is 36.2 Å². The van der Waals surface area contributed by atoms with Gasteiger partial charge in [-0.1, -0.05) is 0 Å². The van der Waals surface area contributed by atoms with Crippen LogP contribution < -0.4 is 16.4 Å². The van der Waals surface area contributed by atoms with Crippen molar-refractivity contribution in [1.82, 2.24) is 10.3 Å². The second kappa shape index (κ2) is 6.19. The number of nitrogens with zero attached hydrogens (tertiary/aromatic N) is 2. The van der Waals surface area contributed by atoms with Crippen LogP contribution in [0, 0.1) is 5.92 Å². The number of allylic oxidation sites excluding steroid dienone is 1. The fraction of sp³-hybridized carbons (Fsp3) is 0.412. The summed E-state index contributed by atoms with van der Waals surface area (Å²) in [7, 11) is 0. The van der Waals surface area contributed by atoms with Crippen molar-refractivity contribution >= 4 is 23.5 Å².